The van der Waals surface area contributed by atoms with Crippen molar-refractivity contribution in [3.63, 3.8) is 0 Å². The SMILES string of the molecule is CCCNC(c1ccc(Br)cn1)c1nccn1C. The largest absolute Gasteiger partial charge is 0.336 e. The molecule has 0 saturated carbocycles. The van der Waals surface area contributed by atoms with Gasteiger partial charge in [0.15, 0.2) is 0 Å². The summed E-state index contributed by atoms with van der Waals surface area (Å²) in [6.45, 7) is 3.09. The molecule has 1 unspecified atom stereocenters. The highest BCUT2D eigenvalue weighted by molar-refractivity contribution is 9.10. The highest BCUT2D eigenvalue weighted by atomic mass is 79.9. The van der Waals surface area contributed by atoms with Crippen LogP contribution < -0.4 is 5.32 Å². The molecule has 0 bridgehead atoms. The van der Waals surface area contributed by atoms with E-state index in [2.05, 4.69) is 38.1 Å². The van der Waals surface area contributed by atoms with Gasteiger partial charge in [0.2, 0.25) is 0 Å². The lowest BCUT2D eigenvalue weighted by Gasteiger charge is -2.17. The van der Waals surface area contributed by atoms with E-state index in [1.807, 2.05) is 42.3 Å². The van der Waals surface area contributed by atoms with Crippen molar-refractivity contribution in [2.24, 2.45) is 7.05 Å². The normalized spacial score (nSPS) is 12.6. The van der Waals surface area contributed by atoms with Crippen LogP contribution in [0, 0.1) is 0 Å². The summed E-state index contributed by atoms with van der Waals surface area (Å²) in [6, 6.07) is 4.07. The molecule has 96 valence electrons. The first-order valence-corrected chi connectivity index (χ1v) is 6.83. The topological polar surface area (TPSA) is 42.7 Å². The maximum atomic E-state index is 4.47. The number of rotatable bonds is 5. The summed E-state index contributed by atoms with van der Waals surface area (Å²) in [5.74, 6) is 0.985. The summed E-state index contributed by atoms with van der Waals surface area (Å²) in [5.41, 5.74) is 0.987. The van der Waals surface area contributed by atoms with E-state index in [1.54, 1.807) is 0 Å². The Kier molecular flexibility index (Phi) is 4.49. The van der Waals surface area contributed by atoms with Crippen molar-refractivity contribution in [1.82, 2.24) is 19.9 Å². The fourth-order valence-corrected chi connectivity index (χ4v) is 2.06. The predicted octanol–water partition coefficient (Wildman–Crippen LogP) is 2.67. The van der Waals surface area contributed by atoms with E-state index in [-0.39, 0.29) is 6.04 Å². The van der Waals surface area contributed by atoms with Crippen LogP contribution in [0.25, 0.3) is 0 Å². The van der Waals surface area contributed by atoms with E-state index < -0.39 is 0 Å². The minimum atomic E-state index is 0.0399. The number of aryl methyl sites for hydroxylation is 1. The Balaban J connectivity index is 2.30. The zero-order chi connectivity index (χ0) is 13.0. The van der Waals surface area contributed by atoms with Gasteiger partial charge < -0.3 is 9.88 Å². The van der Waals surface area contributed by atoms with Crippen molar-refractivity contribution < 1.29 is 0 Å². The van der Waals surface area contributed by atoms with Crippen LogP contribution in [0.5, 0.6) is 0 Å². The van der Waals surface area contributed by atoms with Gasteiger partial charge in [0.05, 0.1) is 5.69 Å². The van der Waals surface area contributed by atoms with Gasteiger partial charge in [-0.1, -0.05) is 6.92 Å². The first kappa shape index (κ1) is 13.2. The van der Waals surface area contributed by atoms with Crippen LogP contribution in [0.1, 0.15) is 30.9 Å². The number of hydrogen-bond acceptors (Lipinski definition) is 3. The van der Waals surface area contributed by atoms with Crippen LogP contribution in [0.2, 0.25) is 0 Å². The summed E-state index contributed by atoms with van der Waals surface area (Å²) < 4.78 is 3.01. The van der Waals surface area contributed by atoms with Crippen LogP contribution in [0.3, 0.4) is 0 Å². The average Bonchev–Trinajstić information content (AvgIpc) is 2.78. The molecule has 1 N–H and O–H groups in total. The van der Waals surface area contributed by atoms with E-state index >= 15 is 0 Å². The highest BCUT2D eigenvalue weighted by Gasteiger charge is 2.18. The fraction of sp³-hybridized carbons (Fsp3) is 0.385. The van der Waals surface area contributed by atoms with Gasteiger partial charge in [0, 0.05) is 30.1 Å². The molecule has 0 fully saturated rings. The number of hydrogen-bond donors (Lipinski definition) is 1. The fourth-order valence-electron chi connectivity index (χ4n) is 1.83. The van der Waals surface area contributed by atoms with Gasteiger partial charge in [-0.25, -0.2) is 4.98 Å². The van der Waals surface area contributed by atoms with Crippen molar-refractivity contribution in [1.29, 1.82) is 0 Å². The summed E-state index contributed by atoms with van der Waals surface area (Å²) in [7, 11) is 2.00. The van der Waals surface area contributed by atoms with Gasteiger partial charge in [-0.3, -0.25) is 4.98 Å². The number of aromatic nitrogens is 3. The Morgan fingerprint density at radius 3 is 2.78 bits per heavy atom. The first-order chi connectivity index (χ1) is 8.72. The maximum absolute atomic E-state index is 4.47. The molecule has 2 aromatic heterocycles. The molecule has 0 spiro atoms. The summed E-state index contributed by atoms with van der Waals surface area (Å²) in [6.07, 6.45) is 6.67. The Labute approximate surface area is 116 Å². The summed E-state index contributed by atoms with van der Waals surface area (Å²) in [5, 5.41) is 3.49. The molecule has 4 nitrogen and oxygen atoms in total. The van der Waals surface area contributed by atoms with Gasteiger partial charge >= 0.3 is 0 Å². The highest BCUT2D eigenvalue weighted by Crippen LogP contribution is 2.19. The van der Waals surface area contributed by atoms with E-state index in [9.17, 15) is 0 Å². The maximum Gasteiger partial charge on any atom is 0.131 e. The zero-order valence-corrected chi connectivity index (χ0v) is 12.2. The number of halogens is 1. The minimum Gasteiger partial charge on any atom is -0.336 e. The molecule has 2 aromatic rings. The summed E-state index contributed by atoms with van der Waals surface area (Å²) in [4.78, 5) is 8.88. The number of nitrogens with zero attached hydrogens (tertiary/aromatic N) is 3. The summed E-state index contributed by atoms with van der Waals surface area (Å²) >= 11 is 3.41. The lowest BCUT2D eigenvalue weighted by molar-refractivity contribution is 0.545. The Morgan fingerprint density at radius 1 is 1.39 bits per heavy atom. The van der Waals surface area contributed by atoms with Crippen molar-refractivity contribution >= 4 is 15.9 Å². The van der Waals surface area contributed by atoms with E-state index in [4.69, 9.17) is 0 Å². The van der Waals surface area contributed by atoms with Crippen molar-refractivity contribution in [3.05, 3.63) is 46.7 Å². The average molecular weight is 309 g/mol. The molecule has 0 amide bonds. The molecule has 0 aliphatic carbocycles. The molecular weight excluding hydrogens is 292 g/mol. The van der Waals surface area contributed by atoms with Gasteiger partial charge in [-0.2, -0.15) is 0 Å². The van der Waals surface area contributed by atoms with Gasteiger partial charge in [-0.05, 0) is 41.0 Å². The quantitative estimate of drug-likeness (QED) is 0.923. The third-order valence-electron chi connectivity index (χ3n) is 2.76. The van der Waals surface area contributed by atoms with Gasteiger partial charge in [0.25, 0.3) is 0 Å². The Morgan fingerprint density at radius 2 is 2.22 bits per heavy atom. The minimum absolute atomic E-state index is 0.0399. The Bertz CT molecular complexity index is 492. The molecule has 1 atom stereocenters. The predicted molar refractivity (Wildman–Crippen MR) is 75.3 cm³/mol. The number of nitrogens with one attached hydrogen (secondary N) is 1. The van der Waals surface area contributed by atoms with Crippen LogP contribution in [-0.2, 0) is 7.05 Å². The lowest BCUT2D eigenvalue weighted by Crippen LogP contribution is -2.26. The molecule has 18 heavy (non-hydrogen) atoms. The molecule has 0 saturated heterocycles. The number of pyridine rings is 1. The molecular formula is C13H17BrN4. The van der Waals surface area contributed by atoms with Gasteiger partial charge in [0.1, 0.15) is 11.9 Å². The second kappa shape index (κ2) is 6.11. The van der Waals surface area contributed by atoms with E-state index in [0.29, 0.717) is 0 Å². The second-order valence-electron chi connectivity index (χ2n) is 4.18. The third kappa shape index (κ3) is 2.97. The Hall–Kier alpha value is -1.20. The van der Waals surface area contributed by atoms with Crippen LogP contribution in [0.15, 0.2) is 35.2 Å². The molecule has 0 aliphatic rings. The molecule has 0 radical (unpaired) electrons. The van der Waals surface area contributed by atoms with E-state index in [0.717, 1.165) is 29.0 Å². The van der Waals surface area contributed by atoms with Crippen molar-refractivity contribution in [2.75, 3.05) is 6.54 Å². The molecule has 5 heteroatoms. The van der Waals surface area contributed by atoms with E-state index in [1.165, 1.54) is 0 Å². The van der Waals surface area contributed by atoms with Gasteiger partial charge in [-0.15, -0.1) is 0 Å². The number of imidazole rings is 1. The van der Waals surface area contributed by atoms with Crippen LogP contribution >= 0.6 is 15.9 Å². The smallest absolute Gasteiger partial charge is 0.131 e. The molecule has 0 aromatic carbocycles. The molecule has 2 rings (SSSR count). The zero-order valence-electron chi connectivity index (χ0n) is 10.6. The van der Waals surface area contributed by atoms with Crippen molar-refractivity contribution in [3.8, 4) is 0 Å². The standard InChI is InChI=1S/C13H17BrN4/c1-3-6-15-12(13-16-7-8-18(13)2)11-5-4-10(14)9-17-11/h4-5,7-9,12,15H,3,6H2,1-2H3. The van der Waals surface area contributed by atoms with Crippen molar-refractivity contribution in [2.45, 2.75) is 19.4 Å². The van der Waals surface area contributed by atoms with Crippen LogP contribution in [0.4, 0.5) is 0 Å². The van der Waals surface area contributed by atoms with Crippen LogP contribution in [-0.4, -0.2) is 21.1 Å². The molecule has 2 heterocycles. The second-order valence-corrected chi connectivity index (χ2v) is 5.10. The monoisotopic (exact) mass is 308 g/mol. The first-order valence-electron chi connectivity index (χ1n) is 6.04. The molecule has 0 aliphatic heterocycles. The lowest BCUT2D eigenvalue weighted by atomic mass is 10.1. The third-order valence-corrected chi connectivity index (χ3v) is 3.23.